The van der Waals surface area contributed by atoms with Crippen LogP contribution in [0, 0.1) is 0 Å². The normalized spacial score (nSPS) is 20.9. The van der Waals surface area contributed by atoms with Crippen molar-refractivity contribution < 1.29 is 23.1 Å². The number of carboxylic acid groups (broad SMARTS) is 1. The van der Waals surface area contributed by atoms with E-state index in [1.807, 2.05) is 0 Å². The molecule has 1 amide bonds. The van der Waals surface area contributed by atoms with E-state index in [4.69, 9.17) is 5.11 Å². The van der Waals surface area contributed by atoms with Gasteiger partial charge in [0.2, 0.25) is 15.9 Å². The van der Waals surface area contributed by atoms with E-state index in [9.17, 15) is 18.0 Å². The molecular formula is C13H22N2O5S. The highest BCUT2D eigenvalue weighted by Gasteiger charge is 2.39. The lowest BCUT2D eigenvalue weighted by Crippen LogP contribution is -2.51. The molecule has 2 atom stereocenters. The molecule has 0 aromatic rings. The van der Waals surface area contributed by atoms with Crippen LogP contribution in [0.1, 0.15) is 32.6 Å². The summed E-state index contributed by atoms with van der Waals surface area (Å²) in [6.07, 6.45) is 2.98. The number of rotatable bonds is 8. The summed E-state index contributed by atoms with van der Waals surface area (Å²) in [5, 5.41) is 11.4. The summed E-state index contributed by atoms with van der Waals surface area (Å²) in [5.41, 5.74) is 0. The average Bonchev–Trinajstić information content (AvgIpc) is 2.88. The highest BCUT2D eigenvalue weighted by atomic mass is 32.2. The Labute approximate surface area is 125 Å². The van der Waals surface area contributed by atoms with E-state index >= 15 is 0 Å². The fraction of sp³-hybridized carbons (Fsp3) is 0.692. The maximum absolute atomic E-state index is 12.2. The lowest BCUT2D eigenvalue weighted by molar-refractivity contribution is -0.142. The molecule has 120 valence electrons. The molecule has 1 saturated heterocycles. The topological polar surface area (TPSA) is 104 Å². The van der Waals surface area contributed by atoms with E-state index in [1.54, 1.807) is 6.92 Å². The molecule has 8 heteroatoms. The fourth-order valence-corrected chi connectivity index (χ4v) is 4.11. The van der Waals surface area contributed by atoms with Crippen LogP contribution in [-0.4, -0.2) is 54.1 Å². The number of carboxylic acids is 1. The molecule has 0 saturated carbocycles. The Kier molecular flexibility index (Phi) is 6.35. The van der Waals surface area contributed by atoms with Crippen LogP contribution in [0.25, 0.3) is 0 Å². The van der Waals surface area contributed by atoms with Gasteiger partial charge < -0.3 is 10.4 Å². The zero-order valence-electron chi connectivity index (χ0n) is 12.1. The first-order chi connectivity index (χ1) is 9.83. The second-order valence-electron chi connectivity index (χ2n) is 5.01. The van der Waals surface area contributed by atoms with Crippen molar-refractivity contribution in [3.63, 3.8) is 0 Å². The second kappa shape index (κ2) is 7.56. The zero-order chi connectivity index (χ0) is 16.0. The van der Waals surface area contributed by atoms with Crippen LogP contribution in [0.3, 0.4) is 0 Å². The van der Waals surface area contributed by atoms with Crippen molar-refractivity contribution in [2.24, 2.45) is 0 Å². The van der Waals surface area contributed by atoms with Crippen LogP contribution < -0.4 is 5.32 Å². The Hall–Kier alpha value is -1.41. The first-order valence-electron chi connectivity index (χ1n) is 6.97. The SMILES string of the molecule is C=CCC(NC(=O)C1CCCN1S(=O)(=O)CCC)C(=O)O. The van der Waals surface area contributed by atoms with Gasteiger partial charge in [0.15, 0.2) is 0 Å². The van der Waals surface area contributed by atoms with Crippen LogP contribution in [0.5, 0.6) is 0 Å². The van der Waals surface area contributed by atoms with Gasteiger partial charge in [-0.1, -0.05) is 13.0 Å². The highest BCUT2D eigenvalue weighted by Crippen LogP contribution is 2.22. The number of amides is 1. The van der Waals surface area contributed by atoms with Gasteiger partial charge in [0.25, 0.3) is 0 Å². The number of hydrogen-bond donors (Lipinski definition) is 2. The van der Waals surface area contributed by atoms with Crippen molar-refractivity contribution in [2.75, 3.05) is 12.3 Å². The van der Waals surface area contributed by atoms with E-state index in [0.717, 1.165) is 0 Å². The Balaban J connectivity index is 2.81. The van der Waals surface area contributed by atoms with Crippen LogP contribution in [-0.2, 0) is 19.6 Å². The van der Waals surface area contributed by atoms with Crippen molar-refractivity contribution in [1.82, 2.24) is 9.62 Å². The molecule has 2 unspecified atom stereocenters. The van der Waals surface area contributed by atoms with Gasteiger partial charge in [-0.25, -0.2) is 13.2 Å². The van der Waals surface area contributed by atoms with E-state index in [-0.39, 0.29) is 12.2 Å². The standard InChI is InChI=1S/C13H22N2O5S/c1-3-6-10(13(17)18)14-12(16)11-7-5-8-15(11)21(19,20)9-4-2/h3,10-11H,1,4-9H2,2H3,(H,14,16)(H,17,18). The molecule has 1 heterocycles. The average molecular weight is 318 g/mol. The lowest BCUT2D eigenvalue weighted by Gasteiger charge is -2.24. The first-order valence-corrected chi connectivity index (χ1v) is 8.58. The number of nitrogens with one attached hydrogen (secondary N) is 1. The fourth-order valence-electron chi connectivity index (χ4n) is 2.37. The van der Waals surface area contributed by atoms with Crippen molar-refractivity contribution in [3.05, 3.63) is 12.7 Å². The zero-order valence-corrected chi connectivity index (χ0v) is 12.9. The molecule has 21 heavy (non-hydrogen) atoms. The molecule has 0 aromatic heterocycles. The largest absolute Gasteiger partial charge is 0.480 e. The van der Waals surface area contributed by atoms with Crippen LogP contribution in [0.4, 0.5) is 0 Å². The van der Waals surface area contributed by atoms with E-state index < -0.39 is 34.0 Å². The predicted octanol–water partition coefficient (Wildman–Crippen LogP) is 0.336. The number of carbonyl (C=O) groups is 2. The molecule has 0 radical (unpaired) electrons. The van der Waals surface area contributed by atoms with Crippen molar-refractivity contribution in [1.29, 1.82) is 0 Å². The quantitative estimate of drug-likeness (QED) is 0.628. The third-order valence-corrected chi connectivity index (χ3v) is 5.42. The summed E-state index contributed by atoms with van der Waals surface area (Å²) in [6.45, 7) is 5.51. The van der Waals surface area contributed by atoms with Gasteiger partial charge in [-0.2, -0.15) is 4.31 Å². The summed E-state index contributed by atoms with van der Waals surface area (Å²) < 4.78 is 25.4. The molecule has 0 bridgehead atoms. The smallest absolute Gasteiger partial charge is 0.326 e. The lowest BCUT2D eigenvalue weighted by atomic mass is 10.1. The summed E-state index contributed by atoms with van der Waals surface area (Å²) in [6, 6.07) is -1.89. The predicted molar refractivity (Wildman–Crippen MR) is 78.2 cm³/mol. The Morgan fingerprint density at radius 1 is 1.52 bits per heavy atom. The number of carbonyl (C=O) groups excluding carboxylic acids is 1. The van der Waals surface area contributed by atoms with Gasteiger partial charge in [-0.05, 0) is 25.7 Å². The Morgan fingerprint density at radius 3 is 2.71 bits per heavy atom. The van der Waals surface area contributed by atoms with Crippen molar-refractivity contribution >= 4 is 21.9 Å². The minimum Gasteiger partial charge on any atom is -0.480 e. The van der Waals surface area contributed by atoms with Gasteiger partial charge in [0.1, 0.15) is 12.1 Å². The molecule has 0 aromatic carbocycles. The van der Waals surface area contributed by atoms with Gasteiger partial charge >= 0.3 is 5.97 Å². The molecule has 1 aliphatic heterocycles. The summed E-state index contributed by atoms with van der Waals surface area (Å²) in [5.74, 6) is -1.73. The summed E-state index contributed by atoms with van der Waals surface area (Å²) in [4.78, 5) is 23.2. The molecule has 1 rings (SSSR count). The minimum atomic E-state index is -3.47. The first kappa shape index (κ1) is 17.6. The second-order valence-corrected chi connectivity index (χ2v) is 7.05. The van der Waals surface area contributed by atoms with Crippen LogP contribution >= 0.6 is 0 Å². The number of aliphatic carboxylic acids is 1. The van der Waals surface area contributed by atoms with E-state index in [0.29, 0.717) is 25.8 Å². The number of sulfonamides is 1. The van der Waals surface area contributed by atoms with Gasteiger partial charge in [0.05, 0.1) is 5.75 Å². The molecule has 0 aliphatic carbocycles. The van der Waals surface area contributed by atoms with Crippen molar-refractivity contribution in [3.8, 4) is 0 Å². The minimum absolute atomic E-state index is 0.00814. The Morgan fingerprint density at radius 2 is 2.19 bits per heavy atom. The molecule has 0 spiro atoms. The molecule has 2 N–H and O–H groups in total. The molecule has 1 aliphatic rings. The number of hydrogen-bond acceptors (Lipinski definition) is 4. The third-order valence-electron chi connectivity index (χ3n) is 3.34. The van der Waals surface area contributed by atoms with E-state index in [2.05, 4.69) is 11.9 Å². The maximum Gasteiger partial charge on any atom is 0.326 e. The Bertz CT molecular complexity index is 503. The molecule has 1 fully saturated rings. The summed E-state index contributed by atoms with van der Waals surface area (Å²) >= 11 is 0. The molecular weight excluding hydrogens is 296 g/mol. The van der Waals surface area contributed by atoms with Crippen LogP contribution in [0.2, 0.25) is 0 Å². The third kappa shape index (κ3) is 4.53. The number of nitrogens with zero attached hydrogens (tertiary/aromatic N) is 1. The molecule has 7 nitrogen and oxygen atoms in total. The van der Waals surface area contributed by atoms with Gasteiger partial charge in [0, 0.05) is 6.54 Å². The maximum atomic E-state index is 12.2. The van der Waals surface area contributed by atoms with Crippen LogP contribution in [0.15, 0.2) is 12.7 Å². The monoisotopic (exact) mass is 318 g/mol. The van der Waals surface area contributed by atoms with Crippen molar-refractivity contribution in [2.45, 2.75) is 44.7 Å². The summed E-state index contributed by atoms with van der Waals surface area (Å²) in [7, 11) is -3.47. The highest BCUT2D eigenvalue weighted by molar-refractivity contribution is 7.89. The van der Waals surface area contributed by atoms with Gasteiger partial charge in [-0.3, -0.25) is 4.79 Å². The van der Waals surface area contributed by atoms with E-state index in [1.165, 1.54) is 10.4 Å². The van der Waals surface area contributed by atoms with Gasteiger partial charge in [-0.15, -0.1) is 6.58 Å².